The van der Waals surface area contributed by atoms with Crippen LogP contribution in [0, 0.1) is 0 Å². The molecule has 1 aliphatic heterocycles. The summed E-state index contributed by atoms with van der Waals surface area (Å²) in [6, 6.07) is 12.4. The van der Waals surface area contributed by atoms with Crippen LogP contribution in [0.2, 0.25) is 0 Å². The molecule has 1 atom stereocenters. The van der Waals surface area contributed by atoms with Gasteiger partial charge in [0.25, 0.3) is 5.91 Å². The number of fused-ring (bicyclic) bond motifs is 1. The highest BCUT2D eigenvalue weighted by Crippen LogP contribution is 2.21. The number of carbonyl (C=O) groups excluding carboxylic acids is 1. The molecular weight excluding hydrogens is 316 g/mol. The molecule has 3 rings (SSSR count). The number of hydrogen-bond donors (Lipinski definition) is 1. The summed E-state index contributed by atoms with van der Waals surface area (Å²) in [7, 11) is 0. The van der Waals surface area contributed by atoms with E-state index in [0.29, 0.717) is 6.04 Å². The van der Waals surface area contributed by atoms with Crippen molar-refractivity contribution in [3.8, 4) is 0 Å². The molecular formula is C16H17BrN2O. The number of nitrogens with one attached hydrogen (secondary N) is 1. The van der Waals surface area contributed by atoms with Gasteiger partial charge in [0.1, 0.15) is 0 Å². The van der Waals surface area contributed by atoms with Gasteiger partial charge in [-0.3, -0.25) is 4.79 Å². The van der Waals surface area contributed by atoms with E-state index in [4.69, 9.17) is 0 Å². The first kappa shape index (κ1) is 13.6. The molecule has 0 spiro atoms. The summed E-state index contributed by atoms with van der Waals surface area (Å²) >= 11 is 3.47. The van der Waals surface area contributed by atoms with Crippen LogP contribution in [0.5, 0.6) is 0 Å². The number of piperazine rings is 1. The van der Waals surface area contributed by atoms with Gasteiger partial charge in [0.15, 0.2) is 0 Å². The van der Waals surface area contributed by atoms with Crippen LogP contribution in [0.4, 0.5) is 0 Å². The third-order valence-electron chi connectivity index (χ3n) is 3.71. The van der Waals surface area contributed by atoms with Crippen molar-refractivity contribution < 1.29 is 4.79 Å². The normalized spacial score (nSPS) is 19.3. The number of hydrogen-bond acceptors (Lipinski definition) is 2. The Morgan fingerprint density at radius 3 is 2.80 bits per heavy atom. The van der Waals surface area contributed by atoms with Crippen LogP contribution in [0.1, 0.15) is 17.3 Å². The Morgan fingerprint density at radius 1 is 1.25 bits per heavy atom. The molecule has 104 valence electrons. The summed E-state index contributed by atoms with van der Waals surface area (Å²) in [6.07, 6.45) is 0. The van der Waals surface area contributed by atoms with E-state index in [1.807, 2.05) is 35.2 Å². The molecule has 2 aromatic carbocycles. The highest BCUT2D eigenvalue weighted by Gasteiger charge is 2.21. The van der Waals surface area contributed by atoms with E-state index in [1.54, 1.807) is 0 Å². The smallest absolute Gasteiger partial charge is 0.253 e. The standard InChI is InChI=1S/C16H17BrN2O/c1-11-10-19(7-6-18-11)16(20)14-3-2-13-9-15(17)5-4-12(13)8-14/h2-5,8-9,11,18H,6-7,10H2,1H3/t11-/m0/s1. The molecule has 4 heteroatoms. The van der Waals surface area contributed by atoms with E-state index in [1.165, 1.54) is 0 Å². The van der Waals surface area contributed by atoms with Gasteiger partial charge >= 0.3 is 0 Å². The van der Waals surface area contributed by atoms with Crippen LogP contribution < -0.4 is 5.32 Å². The van der Waals surface area contributed by atoms with Crippen molar-refractivity contribution in [3.05, 3.63) is 46.4 Å². The third kappa shape index (κ3) is 2.72. The summed E-state index contributed by atoms with van der Waals surface area (Å²) in [5.74, 6) is 0.128. The van der Waals surface area contributed by atoms with Crippen molar-refractivity contribution >= 4 is 32.6 Å². The zero-order valence-corrected chi connectivity index (χ0v) is 13.0. The summed E-state index contributed by atoms with van der Waals surface area (Å²) < 4.78 is 1.06. The lowest BCUT2D eigenvalue weighted by molar-refractivity contribution is 0.0709. The highest BCUT2D eigenvalue weighted by atomic mass is 79.9. The predicted octanol–water partition coefficient (Wildman–Crippen LogP) is 3.04. The summed E-state index contributed by atoms with van der Waals surface area (Å²) in [4.78, 5) is 14.5. The molecule has 0 saturated carbocycles. The van der Waals surface area contributed by atoms with Gasteiger partial charge in [-0.25, -0.2) is 0 Å². The molecule has 0 unspecified atom stereocenters. The Balaban J connectivity index is 1.89. The Bertz CT molecular complexity index is 656. The van der Waals surface area contributed by atoms with Crippen molar-refractivity contribution in [2.24, 2.45) is 0 Å². The average Bonchev–Trinajstić information content (AvgIpc) is 2.46. The first-order valence-corrected chi connectivity index (χ1v) is 7.65. The molecule has 0 aliphatic carbocycles. The van der Waals surface area contributed by atoms with E-state index in [2.05, 4.69) is 34.2 Å². The first-order chi connectivity index (χ1) is 9.63. The number of carbonyl (C=O) groups is 1. The molecule has 1 saturated heterocycles. The van der Waals surface area contributed by atoms with Crippen LogP contribution in [0.3, 0.4) is 0 Å². The maximum Gasteiger partial charge on any atom is 0.253 e. The molecule has 20 heavy (non-hydrogen) atoms. The summed E-state index contributed by atoms with van der Waals surface area (Å²) in [6.45, 7) is 4.53. The zero-order chi connectivity index (χ0) is 14.1. The lowest BCUT2D eigenvalue weighted by atomic mass is 10.1. The van der Waals surface area contributed by atoms with Crippen molar-refractivity contribution in [2.75, 3.05) is 19.6 Å². The lowest BCUT2D eigenvalue weighted by Gasteiger charge is -2.32. The van der Waals surface area contributed by atoms with Gasteiger partial charge in [-0.2, -0.15) is 0 Å². The minimum absolute atomic E-state index is 0.128. The van der Waals surface area contributed by atoms with Crippen molar-refractivity contribution in [1.82, 2.24) is 10.2 Å². The molecule has 0 bridgehead atoms. The highest BCUT2D eigenvalue weighted by molar-refractivity contribution is 9.10. The van der Waals surface area contributed by atoms with E-state index in [0.717, 1.165) is 40.4 Å². The van der Waals surface area contributed by atoms with Crippen molar-refractivity contribution in [2.45, 2.75) is 13.0 Å². The quantitative estimate of drug-likeness (QED) is 0.870. The van der Waals surface area contributed by atoms with Gasteiger partial charge in [0.2, 0.25) is 0 Å². The van der Waals surface area contributed by atoms with Gasteiger partial charge in [-0.05, 0) is 42.0 Å². The third-order valence-corrected chi connectivity index (χ3v) is 4.20. The summed E-state index contributed by atoms with van der Waals surface area (Å²) in [5, 5.41) is 5.60. The minimum Gasteiger partial charge on any atom is -0.336 e. The number of amides is 1. The van der Waals surface area contributed by atoms with Gasteiger partial charge in [-0.1, -0.05) is 28.1 Å². The molecule has 3 nitrogen and oxygen atoms in total. The van der Waals surface area contributed by atoms with Crippen molar-refractivity contribution in [1.29, 1.82) is 0 Å². The number of nitrogens with zero attached hydrogens (tertiary/aromatic N) is 1. The maximum atomic E-state index is 12.5. The molecule has 1 fully saturated rings. The Labute approximate surface area is 127 Å². The molecule has 1 N–H and O–H groups in total. The zero-order valence-electron chi connectivity index (χ0n) is 11.4. The number of rotatable bonds is 1. The lowest BCUT2D eigenvalue weighted by Crippen LogP contribution is -2.51. The second kappa shape index (κ2) is 5.54. The van der Waals surface area contributed by atoms with Gasteiger partial charge in [0.05, 0.1) is 0 Å². The summed E-state index contributed by atoms with van der Waals surface area (Å²) in [5.41, 5.74) is 0.772. The SMILES string of the molecule is C[C@H]1CN(C(=O)c2ccc3cc(Br)ccc3c2)CCN1. The molecule has 2 aromatic rings. The Morgan fingerprint density at radius 2 is 2.00 bits per heavy atom. The first-order valence-electron chi connectivity index (χ1n) is 6.85. The fraction of sp³-hybridized carbons (Fsp3) is 0.312. The topological polar surface area (TPSA) is 32.3 Å². The van der Waals surface area contributed by atoms with E-state index >= 15 is 0 Å². The fourth-order valence-electron chi connectivity index (χ4n) is 2.65. The monoisotopic (exact) mass is 332 g/mol. The number of halogens is 1. The van der Waals surface area contributed by atoms with E-state index in [-0.39, 0.29) is 5.91 Å². The van der Waals surface area contributed by atoms with Gasteiger partial charge < -0.3 is 10.2 Å². The second-order valence-corrected chi connectivity index (χ2v) is 6.23. The van der Waals surface area contributed by atoms with Crippen LogP contribution in [0.25, 0.3) is 10.8 Å². The fourth-order valence-corrected chi connectivity index (χ4v) is 3.03. The van der Waals surface area contributed by atoms with E-state index < -0.39 is 0 Å². The van der Waals surface area contributed by atoms with E-state index in [9.17, 15) is 4.79 Å². The minimum atomic E-state index is 0.128. The number of benzene rings is 2. The molecule has 1 heterocycles. The van der Waals surface area contributed by atoms with Gasteiger partial charge in [0, 0.05) is 35.7 Å². The Kier molecular flexibility index (Phi) is 3.76. The molecule has 1 amide bonds. The second-order valence-electron chi connectivity index (χ2n) is 5.31. The molecule has 0 aromatic heterocycles. The van der Waals surface area contributed by atoms with Crippen LogP contribution in [0.15, 0.2) is 40.9 Å². The predicted molar refractivity (Wildman–Crippen MR) is 85.0 cm³/mol. The maximum absolute atomic E-state index is 12.5. The van der Waals surface area contributed by atoms with Gasteiger partial charge in [-0.15, -0.1) is 0 Å². The molecule has 1 aliphatic rings. The van der Waals surface area contributed by atoms with Crippen LogP contribution in [-0.2, 0) is 0 Å². The largest absolute Gasteiger partial charge is 0.336 e. The van der Waals surface area contributed by atoms with Crippen LogP contribution >= 0.6 is 15.9 Å². The average molecular weight is 333 g/mol. The Hall–Kier alpha value is -1.39. The van der Waals surface area contributed by atoms with Crippen molar-refractivity contribution in [3.63, 3.8) is 0 Å². The molecule has 0 radical (unpaired) electrons. The van der Waals surface area contributed by atoms with Crippen LogP contribution in [-0.4, -0.2) is 36.5 Å².